The molecule has 1 aliphatic heterocycles. The third-order valence-corrected chi connectivity index (χ3v) is 5.20. The number of aryl methyl sites for hydroxylation is 1. The summed E-state index contributed by atoms with van der Waals surface area (Å²) in [5.41, 5.74) is 3.89. The van der Waals surface area contributed by atoms with E-state index in [2.05, 4.69) is 72.3 Å². The summed E-state index contributed by atoms with van der Waals surface area (Å²) in [4.78, 5) is 22.7. The molecule has 0 saturated carbocycles. The summed E-state index contributed by atoms with van der Waals surface area (Å²) >= 11 is 0. The Balaban J connectivity index is 0.000000426. The lowest BCUT2D eigenvalue weighted by molar-refractivity contribution is -0.193. The highest BCUT2D eigenvalue weighted by Crippen LogP contribution is 2.23. The van der Waals surface area contributed by atoms with Crippen molar-refractivity contribution < 1.29 is 50.9 Å². The van der Waals surface area contributed by atoms with Crippen molar-refractivity contribution in [2.75, 3.05) is 46.4 Å². The molecule has 0 unspecified atom stereocenters. The van der Waals surface area contributed by atoms with Crippen LogP contribution in [0.5, 0.6) is 5.75 Å². The zero-order valence-electron chi connectivity index (χ0n) is 20.8. The van der Waals surface area contributed by atoms with Crippen LogP contribution in [-0.2, 0) is 16.0 Å². The molecule has 1 aliphatic rings. The largest absolute Gasteiger partial charge is 0.492 e. The second-order valence-electron chi connectivity index (χ2n) is 8.37. The van der Waals surface area contributed by atoms with E-state index in [1.165, 1.54) is 16.7 Å². The molecule has 38 heavy (non-hydrogen) atoms. The molecule has 2 N–H and O–H groups in total. The number of ether oxygens (including phenoxy) is 1. The molecule has 2 aromatic carbocycles. The molecule has 3 rings (SSSR count). The van der Waals surface area contributed by atoms with Crippen molar-refractivity contribution in [3.8, 4) is 5.75 Å². The minimum absolute atomic E-state index is 0.758. The molecule has 0 radical (unpaired) electrons. The summed E-state index contributed by atoms with van der Waals surface area (Å²) in [6.45, 7) is 8.51. The second-order valence-corrected chi connectivity index (χ2v) is 8.37. The Hall–Kier alpha value is -3.32. The predicted molar refractivity (Wildman–Crippen MR) is 127 cm³/mol. The first kappa shape index (κ1) is 32.7. The van der Waals surface area contributed by atoms with Crippen molar-refractivity contribution in [2.45, 2.75) is 25.7 Å². The third kappa shape index (κ3) is 13.3. The van der Waals surface area contributed by atoms with Crippen LogP contribution in [0.25, 0.3) is 0 Å². The van der Waals surface area contributed by atoms with Crippen molar-refractivity contribution in [1.82, 2.24) is 9.80 Å². The van der Waals surface area contributed by atoms with Gasteiger partial charge >= 0.3 is 24.3 Å². The molecule has 0 aliphatic carbocycles. The summed E-state index contributed by atoms with van der Waals surface area (Å²) in [5, 5.41) is 14.2. The van der Waals surface area contributed by atoms with Crippen molar-refractivity contribution in [3.63, 3.8) is 0 Å². The Morgan fingerprint density at radius 3 is 1.84 bits per heavy atom. The van der Waals surface area contributed by atoms with Crippen molar-refractivity contribution in [2.24, 2.45) is 0 Å². The highest BCUT2D eigenvalue weighted by molar-refractivity contribution is 5.73. The topological polar surface area (TPSA) is 90.3 Å². The SMILES string of the molecule is Cc1ccc(OCCN2CCN(C)CC2)c(Cc2ccccc2)c1.O=C(O)C(F)(F)F.O=C(O)C(F)(F)F. The average molecular weight is 553 g/mol. The van der Waals surface area contributed by atoms with Gasteiger partial charge in [0.15, 0.2) is 0 Å². The number of benzene rings is 2. The van der Waals surface area contributed by atoms with E-state index in [1.807, 2.05) is 0 Å². The Bertz CT molecular complexity index is 984. The predicted octanol–water partition coefficient (Wildman–Crippen LogP) is 4.48. The molecule has 1 saturated heterocycles. The van der Waals surface area contributed by atoms with E-state index in [1.54, 1.807) is 0 Å². The molecule has 212 valence electrons. The number of carboxylic acids is 2. The van der Waals surface area contributed by atoms with Gasteiger partial charge in [0.2, 0.25) is 0 Å². The third-order valence-electron chi connectivity index (χ3n) is 5.20. The van der Waals surface area contributed by atoms with Crippen molar-refractivity contribution in [1.29, 1.82) is 0 Å². The summed E-state index contributed by atoms with van der Waals surface area (Å²) < 4.78 is 69.6. The van der Waals surface area contributed by atoms with Gasteiger partial charge in [-0.15, -0.1) is 0 Å². The Kier molecular flexibility index (Phi) is 13.1. The lowest BCUT2D eigenvalue weighted by Crippen LogP contribution is -2.45. The molecule has 0 amide bonds. The van der Waals surface area contributed by atoms with Crippen LogP contribution in [0.4, 0.5) is 26.3 Å². The van der Waals surface area contributed by atoms with E-state index in [4.69, 9.17) is 24.5 Å². The van der Waals surface area contributed by atoms with Gasteiger partial charge in [-0.05, 0) is 31.2 Å². The highest BCUT2D eigenvalue weighted by Gasteiger charge is 2.38. The molecule has 13 heteroatoms. The van der Waals surface area contributed by atoms with Crippen LogP contribution in [0.1, 0.15) is 16.7 Å². The summed E-state index contributed by atoms with van der Waals surface area (Å²) in [7, 11) is 2.19. The van der Waals surface area contributed by atoms with E-state index in [0.717, 1.165) is 51.5 Å². The van der Waals surface area contributed by atoms with Crippen LogP contribution >= 0.6 is 0 Å². The van der Waals surface area contributed by atoms with Gasteiger partial charge in [0, 0.05) is 39.1 Å². The van der Waals surface area contributed by atoms with E-state index in [-0.39, 0.29) is 0 Å². The number of carboxylic acid groups (broad SMARTS) is 2. The molecule has 0 bridgehead atoms. The Morgan fingerprint density at radius 2 is 1.37 bits per heavy atom. The molecule has 7 nitrogen and oxygen atoms in total. The monoisotopic (exact) mass is 552 g/mol. The van der Waals surface area contributed by atoms with Crippen LogP contribution in [0.15, 0.2) is 48.5 Å². The van der Waals surface area contributed by atoms with Gasteiger partial charge in [-0.1, -0.05) is 48.0 Å². The average Bonchev–Trinajstić information content (AvgIpc) is 2.82. The van der Waals surface area contributed by atoms with Gasteiger partial charge in [-0.2, -0.15) is 26.3 Å². The van der Waals surface area contributed by atoms with Gasteiger partial charge in [-0.3, -0.25) is 4.90 Å². The highest BCUT2D eigenvalue weighted by atomic mass is 19.4. The lowest BCUT2D eigenvalue weighted by atomic mass is 10.0. The van der Waals surface area contributed by atoms with Crippen LogP contribution in [-0.4, -0.2) is 90.7 Å². The fourth-order valence-electron chi connectivity index (χ4n) is 3.16. The zero-order chi connectivity index (χ0) is 28.9. The summed E-state index contributed by atoms with van der Waals surface area (Å²) in [6, 6.07) is 17.1. The first-order valence-corrected chi connectivity index (χ1v) is 11.4. The normalized spacial score (nSPS) is 14.4. The van der Waals surface area contributed by atoms with E-state index < -0.39 is 24.3 Å². The second kappa shape index (κ2) is 15.2. The molecular formula is C25H30F6N2O5. The van der Waals surface area contributed by atoms with Gasteiger partial charge in [0.25, 0.3) is 0 Å². The summed E-state index contributed by atoms with van der Waals surface area (Å²) in [6.07, 6.45) is -9.24. The number of carbonyl (C=O) groups is 2. The minimum atomic E-state index is -5.08. The number of rotatable bonds is 6. The van der Waals surface area contributed by atoms with Crippen molar-refractivity contribution in [3.05, 3.63) is 65.2 Å². The van der Waals surface area contributed by atoms with Crippen LogP contribution < -0.4 is 4.74 Å². The van der Waals surface area contributed by atoms with E-state index in [9.17, 15) is 26.3 Å². The summed E-state index contributed by atoms with van der Waals surface area (Å²) in [5.74, 6) is -4.49. The van der Waals surface area contributed by atoms with E-state index in [0.29, 0.717) is 0 Å². The van der Waals surface area contributed by atoms with Gasteiger partial charge in [0.1, 0.15) is 12.4 Å². The zero-order valence-corrected chi connectivity index (χ0v) is 20.8. The molecular weight excluding hydrogens is 522 g/mol. The van der Waals surface area contributed by atoms with E-state index >= 15 is 0 Å². The van der Waals surface area contributed by atoms with Gasteiger partial charge in [-0.25, -0.2) is 9.59 Å². The van der Waals surface area contributed by atoms with Crippen molar-refractivity contribution >= 4 is 11.9 Å². The Labute approximate surface area is 216 Å². The maximum absolute atomic E-state index is 10.6. The quantitative estimate of drug-likeness (QED) is 0.511. The van der Waals surface area contributed by atoms with Gasteiger partial charge < -0.3 is 19.8 Å². The number of aliphatic carboxylic acids is 2. The molecule has 1 fully saturated rings. The standard InChI is InChI=1S/C21H28N2O.2C2HF3O2/c1-18-8-9-21(20(16-18)17-19-6-4-3-5-7-19)24-15-14-23-12-10-22(2)11-13-23;2*3-2(4,5)1(6)7/h3-9,16H,10-15,17H2,1-2H3;2*(H,6,7). The van der Waals surface area contributed by atoms with Gasteiger partial charge in [0.05, 0.1) is 0 Å². The number of nitrogens with zero attached hydrogens (tertiary/aromatic N) is 2. The maximum Gasteiger partial charge on any atom is 0.490 e. The smallest absolute Gasteiger partial charge is 0.490 e. The number of halogens is 6. The maximum atomic E-state index is 10.6. The Morgan fingerprint density at radius 1 is 0.868 bits per heavy atom. The van der Waals surface area contributed by atoms with Crippen LogP contribution in [0.2, 0.25) is 0 Å². The fraction of sp³-hybridized carbons (Fsp3) is 0.440. The first-order chi connectivity index (χ1) is 17.6. The molecule has 0 spiro atoms. The first-order valence-electron chi connectivity index (χ1n) is 11.4. The number of alkyl halides is 6. The fourth-order valence-corrected chi connectivity index (χ4v) is 3.16. The number of hydrogen-bond acceptors (Lipinski definition) is 5. The van der Waals surface area contributed by atoms with Crippen LogP contribution in [0.3, 0.4) is 0 Å². The molecule has 1 heterocycles. The number of likely N-dealkylation sites (N-methyl/N-ethyl adjacent to an activating group) is 1. The number of piperazine rings is 1. The molecule has 2 aromatic rings. The lowest BCUT2D eigenvalue weighted by Gasteiger charge is -2.32. The molecule has 0 aromatic heterocycles. The molecule has 0 atom stereocenters. The van der Waals surface area contributed by atoms with Crippen LogP contribution in [0, 0.1) is 6.92 Å². The minimum Gasteiger partial charge on any atom is -0.492 e. The number of hydrogen-bond donors (Lipinski definition) is 2.